The van der Waals surface area contributed by atoms with Crippen LogP contribution >= 0.6 is 0 Å². The maximum Gasteiger partial charge on any atom is 0.341 e. The second-order valence-electron chi connectivity index (χ2n) is 4.38. The Morgan fingerprint density at radius 1 is 1.39 bits per heavy atom. The van der Waals surface area contributed by atoms with Gasteiger partial charge in [0.05, 0.1) is 20.3 Å². The van der Waals surface area contributed by atoms with E-state index in [1.165, 1.54) is 14.2 Å². The number of hydrogen-bond donors (Lipinski definition) is 1. The summed E-state index contributed by atoms with van der Waals surface area (Å²) in [6.07, 6.45) is 0.907. The van der Waals surface area contributed by atoms with Crippen LogP contribution in [0.1, 0.15) is 34.8 Å². The van der Waals surface area contributed by atoms with Crippen LogP contribution in [0.5, 0.6) is 5.75 Å². The number of ether oxygens (including phenoxy) is 2. The Morgan fingerprint density at radius 3 is 2.56 bits per heavy atom. The molecule has 0 radical (unpaired) electrons. The molecule has 1 rings (SSSR count). The van der Waals surface area contributed by atoms with E-state index >= 15 is 0 Å². The third-order valence-corrected chi connectivity index (χ3v) is 2.75. The van der Waals surface area contributed by atoms with Crippen LogP contribution in [0.4, 0.5) is 0 Å². The van der Waals surface area contributed by atoms with Gasteiger partial charge in [-0.1, -0.05) is 6.07 Å². The largest absolute Gasteiger partial charge is 0.496 e. The minimum atomic E-state index is -0.408. The molecule has 1 aromatic carbocycles. The van der Waals surface area contributed by atoms with E-state index in [0.717, 1.165) is 11.1 Å². The van der Waals surface area contributed by atoms with Crippen LogP contribution in [0, 0.1) is 6.92 Å². The van der Waals surface area contributed by atoms with Crippen LogP contribution < -0.4 is 4.74 Å². The quantitative estimate of drug-likeness (QED) is 0.815. The molecular weight excluding hydrogens is 232 g/mol. The highest BCUT2D eigenvalue weighted by Gasteiger charge is 2.17. The molecule has 4 nitrogen and oxygen atoms in total. The lowest BCUT2D eigenvalue weighted by Crippen LogP contribution is -2.08. The van der Waals surface area contributed by atoms with E-state index in [9.17, 15) is 9.90 Å². The number of rotatable bonds is 5. The van der Waals surface area contributed by atoms with E-state index in [0.29, 0.717) is 24.2 Å². The van der Waals surface area contributed by atoms with Gasteiger partial charge >= 0.3 is 5.97 Å². The minimum Gasteiger partial charge on any atom is -0.496 e. The normalized spacial score (nSPS) is 12.1. The number of aliphatic hydroxyl groups excluding tert-OH is 1. The Labute approximate surface area is 108 Å². The number of aliphatic hydroxyl groups is 1. The summed E-state index contributed by atoms with van der Waals surface area (Å²) in [7, 11) is 2.88. The van der Waals surface area contributed by atoms with E-state index in [2.05, 4.69) is 0 Å². The Hall–Kier alpha value is -1.55. The van der Waals surface area contributed by atoms with Gasteiger partial charge in [0.25, 0.3) is 0 Å². The molecule has 1 unspecified atom stereocenters. The second-order valence-corrected chi connectivity index (χ2v) is 4.38. The molecule has 0 heterocycles. The Balaban J connectivity index is 3.16. The average Bonchev–Trinajstić information content (AvgIpc) is 2.34. The first-order valence-corrected chi connectivity index (χ1v) is 5.93. The molecule has 0 aliphatic heterocycles. The molecule has 0 aliphatic carbocycles. The van der Waals surface area contributed by atoms with Crippen molar-refractivity contribution in [2.24, 2.45) is 0 Å². The smallest absolute Gasteiger partial charge is 0.341 e. The van der Waals surface area contributed by atoms with Crippen LogP contribution in [0.2, 0.25) is 0 Å². The van der Waals surface area contributed by atoms with Crippen molar-refractivity contribution in [2.75, 3.05) is 14.2 Å². The summed E-state index contributed by atoms with van der Waals surface area (Å²) in [5.41, 5.74) is 2.32. The predicted molar refractivity (Wildman–Crippen MR) is 69.1 cm³/mol. The van der Waals surface area contributed by atoms with Crippen molar-refractivity contribution in [3.8, 4) is 5.75 Å². The minimum absolute atomic E-state index is 0.378. The lowest BCUT2D eigenvalue weighted by atomic mass is 10.00. The Bertz CT molecular complexity index is 424. The molecule has 0 bridgehead atoms. The van der Waals surface area contributed by atoms with Crippen molar-refractivity contribution in [1.82, 2.24) is 0 Å². The standard InChI is InChI=1S/C14H20O4/c1-9-7-11(6-5-10(2)15)13(17-3)12(8-9)14(16)18-4/h7-8,10,15H,5-6H2,1-4H3. The van der Waals surface area contributed by atoms with Gasteiger partial charge in [-0.3, -0.25) is 0 Å². The first-order chi connectivity index (χ1) is 8.49. The number of esters is 1. The number of aryl methyl sites for hydroxylation is 2. The molecule has 18 heavy (non-hydrogen) atoms. The van der Waals surface area contributed by atoms with Crippen molar-refractivity contribution in [3.05, 3.63) is 28.8 Å². The van der Waals surface area contributed by atoms with Gasteiger partial charge in [-0.05, 0) is 43.9 Å². The van der Waals surface area contributed by atoms with Crippen molar-refractivity contribution in [1.29, 1.82) is 0 Å². The van der Waals surface area contributed by atoms with Crippen LogP contribution in [-0.2, 0) is 11.2 Å². The highest BCUT2D eigenvalue weighted by molar-refractivity contribution is 5.93. The molecule has 4 heteroatoms. The number of carbonyl (C=O) groups excluding carboxylic acids is 1. The number of hydrogen-bond acceptors (Lipinski definition) is 4. The Kier molecular flexibility index (Phi) is 5.16. The van der Waals surface area contributed by atoms with Crippen LogP contribution in [-0.4, -0.2) is 31.4 Å². The highest BCUT2D eigenvalue weighted by Crippen LogP contribution is 2.27. The highest BCUT2D eigenvalue weighted by atomic mass is 16.5. The molecule has 0 amide bonds. The summed E-state index contributed by atoms with van der Waals surface area (Å²) in [6, 6.07) is 3.71. The molecule has 0 fully saturated rings. The number of benzene rings is 1. The SMILES string of the molecule is COC(=O)c1cc(C)cc(CCC(C)O)c1OC. The van der Waals surface area contributed by atoms with Gasteiger partial charge in [-0.15, -0.1) is 0 Å². The zero-order valence-corrected chi connectivity index (χ0v) is 11.3. The molecule has 1 atom stereocenters. The molecule has 0 aliphatic rings. The first kappa shape index (κ1) is 14.5. The fraction of sp³-hybridized carbons (Fsp3) is 0.500. The third-order valence-electron chi connectivity index (χ3n) is 2.75. The van der Waals surface area contributed by atoms with E-state index in [4.69, 9.17) is 9.47 Å². The van der Waals surface area contributed by atoms with Gasteiger partial charge in [0, 0.05) is 0 Å². The number of methoxy groups -OCH3 is 2. The van der Waals surface area contributed by atoms with Crippen LogP contribution in [0.25, 0.3) is 0 Å². The van der Waals surface area contributed by atoms with E-state index in [1.54, 1.807) is 13.0 Å². The average molecular weight is 252 g/mol. The van der Waals surface area contributed by atoms with E-state index in [-0.39, 0.29) is 6.10 Å². The predicted octanol–water partition coefficient (Wildman–Crippen LogP) is 2.10. The lowest BCUT2D eigenvalue weighted by molar-refractivity contribution is 0.0596. The summed E-state index contributed by atoms with van der Waals surface area (Å²) in [6.45, 7) is 3.65. The number of carbonyl (C=O) groups is 1. The van der Waals surface area contributed by atoms with Crippen LogP contribution in [0.3, 0.4) is 0 Å². The first-order valence-electron chi connectivity index (χ1n) is 5.93. The van der Waals surface area contributed by atoms with Gasteiger partial charge in [-0.2, -0.15) is 0 Å². The molecule has 0 spiro atoms. The summed E-state index contributed by atoms with van der Waals surface area (Å²) in [5.74, 6) is 0.127. The van der Waals surface area contributed by atoms with Crippen molar-refractivity contribution >= 4 is 5.97 Å². The molecular formula is C14H20O4. The summed E-state index contributed by atoms with van der Waals surface area (Å²) in [5, 5.41) is 9.34. The van der Waals surface area contributed by atoms with Gasteiger partial charge in [0.2, 0.25) is 0 Å². The van der Waals surface area contributed by atoms with Crippen LogP contribution in [0.15, 0.2) is 12.1 Å². The maximum absolute atomic E-state index is 11.7. The monoisotopic (exact) mass is 252 g/mol. The summed E-state index contributed by atoms with van der Waals surface area (Å²) in [4.78, 5) is 11.7. The fourth-order valence-electron chi connectivity index (χ4n) is 1.90. The fourth-order valence-corrected chi connectivity index (χ4v) is 1.90. The topological polar surface area (TPSA) is 55.8 Å². The molecule has 0 saturated heterocycles. The van der Waals surface area contributed by atoms with Crippen molar-refractivity contribution in [2.45, 2.75) is 32.8 Å². The van der Waals surface area contributed by atoms with Gasteiger partial charge < -0.3 is 14.6 Å². The summed E-state index contributed by atoms with van der Waals surface area (Å²) >= 11 is 0. The Morgan fingerprint density at radius 2 is 2.06 bits per heavy atom. The zero-order valence-electron chi connectivity index (χ0n) is 11.3. The third kappa shape index (κ3) is 3.47. The molecule has 1 N–H and O–H groups in total. The van der Waals surface area contributed by atoms with Gasteiger partial charge in [-0.25, -0.2) is 4.79 Å². The lowest BCUT2D eigenvalue weighted by Gasteiger charge is -2.14. The van der Waals surface area contributed by atoms with Gasteiger partial charge in [0.15, 0.2) is 0 Å². The van der Waals surface area contributed by atoms with E-state index in [1.807, 2.05) is 13.0 Å². The molecule has 0 saturated carbocycles. The molecule has 0 aromatic heterocycles. The molecule has 100 valence electrons. The van der Waals surface area contributed by atoms with Crippen molar-refractivity contribution in [3.63, 3.8) is 0 Å². The maximum atomic E-state index is 11.7. The second kappa shape index (κ2) is 6.40. The van der Waals surface area contributed by atoms with Crippen molar-refractivity contribution < 1.29 is 19.4 Å². The molecule has 1 aromatic rings. The van der Waals surface area contributed by atoms with E-state index < -0.39 is 5.97 Å². The zero-order chi connectivity index (χ0) is 13.7. The summed E-state index contributed by atoms with van der Waals surface area (Å²) < 4.78 is 10.1. The van der Waals surface area contributed by atoms with Gasteiger partial charge in [0.1, 0.15) is 11.3 Å².